The number of aliphatic hydroxyl groups excluding tert-OH is 1. The van der Waals surface area contributed by atoms with E-state index in [0.29, 0.717) is 40.1 Å². The summed E-state index contributed by atoms with van der Waals surface area (Å²) in [5.41, 5.74) is 5.04. The maximum Gasteiger partial charge on any atom is 0.305 e. The zero-order chi connectivity index (χ0) is 28.3. The second-order valence-electron chi connectivity index (χ2n) is 10.7. The number of rotatable bonds is 5. The van der Waals surface area contributed by atoms with Gasteiger partial charge in [0, 0.05) is 39.9 Å². The minimum atomic E-state index is -1.52. The number of methoxy groups -OCH3 is 3. The van der Waals surface area contributed by atoms with Crippen LogP contribution in [0.15, 0.2) is 72.8 Å². The molecule has 4 atom stereocenters. The fraction of sp³-hybridized carbons (Fsp3) is 0.294. The lowest BCUT2D eigenvalue weighted by Gasteiger charge is -2.50. The molecule has 7 heteroatoms. The van der Waals surface area contributed by atoms with Crippen molar-refractivity contribution in [2.75, 3.05) is 21.3 Å². The molecule has 7 nitrogen and oxygen atoms in total. The molecule has 3 aliphatic heterocycles. The fourth-order valence-corrected chi connectivity index (χ4v) is 6.67. The fourth-order valence-electron chi connectivity index (χ4n) is 6.67. The molecule has 0 spiro atoms. The molecular weight excluding hydrogens is 520 g/mol. The van der Waals surface area contributed by atoms with Crippen molar-refractivity contribution >= 4 is 0 Å². The molecule has 2 bridgehead atoms. The molecule has 0 saturated carbocycles. The predicted molar refractivity (Wildman–Crippen MR) is 153 cm³/mol. The van der Waals surface area contributed by atoms with Gasteiger partial charge in [0.1, 0.15) is 46.7 Å². The minimum Gasteiger partial charge on any atom is -0.496 e. The molecule has 0 fully saturated rings. The third-order valence-electron chi connectivity index (χ3n) is 8.58. The van der Waals surface area contributed by atoms with Gasteiger partial charge in [0.2, 0.25) is 0 Å². The van der Waals surface area contributed by atoms with Crippen LogP contribution < -0.4 is 28.4 Å². The largest absolute Gasteiger partial charge is 0.496 e. The van der Waals surface area contributed by atoms with E-state index in [1.54, 1.807) is 21.3 Å². The molecule has 3 heterocycles. The molecule has 3 aliphatic rings. The van der Waals surface area contributed by atoms with E-state index in [0.717, 1.165) is 40.7 Å². The first kappa shape index (κ1) is 25.6. The summed E-state index contributed by atoms with van der Waals surface area (Å²) in [7, 11) is 4.89. The number of fused-ring (bicyclic) bond motifs is 8. The molecule has 41 heavy (non-hydrogen) atoms. The maximum absolute atomic E-state index is 12.3. The average Bonchev–Trinajstić information content (AvgIpc) is 3.01. The molecule has 0 aromatic heterocycles. The highest BCUT2D eigenvalue weighted by molar-refractivity contribution is 5.69. The van der Waals surface area contributed by atoms with Crippen molar-refractivity contribution < 1.29 is 33.5 Å². The lowest BCUT2D eigenvalue weighted by atomic mass is 9.74. The van der Waals surface area contributed by atoms with Crippen molar-refractivity contribution in [1.29, 1.82) is 0 Å². The van der Waals surface area contributed by atoms with Crippen LogP contribution in [0.1, 0.15) is 51.8 Å². The smallest absolute Gasteiger partial charge is 0.305 e. The normalized spacial score (nSPS) is 23.5. The topological polar surface area (TPSA) is 75.6 Å². The van der Waals surface area contributed by atoms with Crippen LogP contribution in [0.2, 0.25) is 0 Å². The van der Waals surface area contributed by atoms with Gasteiger partial charge in [-0.25, -0.2) is 0 Å². The molecule has 0 radical (unpaired) electrons. The summed E-state index contributed by atoms with van der Waals surface area (Å²) in [5, 5.41) is 12.3. The van der Waals surface area contributed by atoms with E-state index in [1.165, 1.54) is 0 Å². The maximum atomic E-state index is 12.3. The predicted octanol–water partition coefficient (Wildman–Crippen LogP) is 6.22. The van der Waals surface area contributed by atoms with E-state index in [1.807, 2.05) is 67.6 Å². The second kappa shape index (κ2) is 9.63. The van der Waals surface area contributed by atoms with Crippen LogP contribution in [0.25, 0.3) is 0 Å². The van der Waals surface area contributed by atoms with E-state index in [4.69, 9.17) is 28.4 Å². The number of benzene rings is 4. The van der Waals surface area contributed by atoms with Crippen LogP contribution >= 0.6 is 0 Å². The first-order valence-electron chi connectivity index (χ1n) is 13.8. The Bertz CT molecular complexity index is 1620. The van der Waals surface area contributed by atoms with Gasteiger partial charge in [-0.05, 0) is 25.3 Å². The van der Waals surface area contributed by atoms with Gasteiger partial charge in [-0.3, -0.25) is 0 Å². The number of ether oxygens (including phenoxy) is 6. The Kier molecular flexibility index (Phi) is 6.01. The summed E-state index contributed by atoms with van der Waals surface area (Å²) in [5.74, 6) is 1.52. The Morgan fingerprint density at radius 3 is 2.10 bits per heavy atom. The summed E-state index contributed by atoms with van der Waals surface area (Å²) in [4.78, 5) is 0. The molecular formula is C34H32O7. The standard InChI is InChI=1S/C34H32O7/c1-19-24(36-2)17-26-28(31(19)38-4)30-29-27(41-34(40-26,33(30)35)21-13-9-6-10-14-21)18-25(37-3)22-15-16-23(39-32(22)29)20-11-7-5-8-12-20/h5-14,17-18,23,30,33,35H,15-16H2,1-4H3/t23-,30-,33-,34+/m0/s1. The Balaban J connectivity index is 1.52. The molecule has 0 amide bonds. The van der Waals surface area contributed by atoms with Crippen molar-refractivity contribution in [3.63, 3.8) is 0 Å². The van der Waals surface area contributed by atoms with Crippen LogP contribution in [-0.2, 0) is 12.2 Å². The van der Waals surface area contributed by atoms with Crippen molar-refractivity contribution in [1.82, 2.24) is 0 Å². The Morgan fingerprint density at radius 2 is 1.44 bits per heavy atom. The number of hydrogen-bond acceptors (Lipinski definition) is 7. The second-order valence-corrected chi connectivity index (χ2v) is 10.7. The highest BCUT2D eigenvalue weighted by Crippen LogP contribution is 2.62. The zero-order valence-electron chi connectivity index (χ0n) is 23.5. The summed E-state index contributed by atoms with van der Waals surface area (Å²) in [6, 6.07) is 23.5. The van der Waals surface area contributed by atoms with Gasteiger partial charge in [0.05, 0.1) is 27.2 Å². The average molecular weight is 553 g/mol. The van der Waals surface area contributed by atoms with E-state index < -0.39 is 17.8 Å². The number of hydrogen-bond donors (Lipinski definition) is 1. The molecule has 4 aromatic rings. The van der Waals surface area contributed by atoms with Crippen LogP contribution in [-0.4, -0.2) is 32.5 Å². The highest BCUT2D eigenvalue weighted by atomic mass is 16.7. The summed E-state index contributed by atoms with van der Waals surface area (Å²) < 4.78 is 37.8. The van der Waals surface area contributed by atoms with Crippen LogP contribution in [0, 0.1) is 6.92 Å². The Hall–Kier alpha value is -4.36. The number of aliphatic hydroxyl groups is 1. The van der Waals surface area contributed by atoms with Gasteiger partial charge in [0.25, 0.3) is 0 Å². The van der Waals surface area contributed by atoms with Crippen molar-refractivity contribution in [3.05, 3.63) is 106 Å². The Labute approximate surface area is 239 Å². The first-order chi connectivity index (χ1) is 20.0. The molecule has 210 valence electrons. The van der Waals surface area contributed by atoms with Crippen molar-refractivity contribution in [2.24, 2.45) is 0 Å². The monoisotopic (exact) mass is 552 g/mol. The Morgan fingerprint density at radius 1 is 0.805 bits per heavy atom. The summed E-state index contributed by atoms with van der Waals surface area (Å²) in [6.07, 6.45) is 0.273. The van der Waals surface area contributed by atoms with Gasteiger partial charge >= 0.3 is 5.79 Å². The lowest BCUT2D eigenvalue weighted by Crippen LogP contribution is -2.57. The molecule has 4 aromatic carbocycles. The third kappa shape index (κ3) is 3.68. The zero-order valence-corrected chi connectivity index (χ0v) is 23.5. The van der Waals surface area contributed by atoms with Gasteiger partial charge < -0.3 is 33.5 Å². The van der Waals surface area contributed by atoms with Crippen LogP contribution in [0.5, 0.6) is 34.5 Å². The molecule has 0 saturated heterocycles. The van der Waals surface area contributed by atoms with Gasteiger partial charge in [-0.15, -0.1) is 0 Å². The SMILES string of the molecule is COc1cc2c(c(OC)c1C)[C@H]1c3c(cc(OC)c4c3O[C@H](c3ccccc3)CC4)O[C@@](c3ccccc3)(O2)[C@H]1O. The van der Waals surface area contributed by atoms with Crippen molar-refractivity contribution in [2.45, 2.75) is 43.7 Å². The van der Waals surface area contributed by atoms with Gasteiger partial charge in [-0.1, -0.05) is 60.7 Å². The van der Waals surface area contributed by atoms with Crippen LogP contribution in [0.3, 0.4) is 0 Å². The summed E-state index contributed by atoms with van der Waals surface area (Å²) >= 11 is 0. The molecule has 1 N–H and O–H groups in total. The minimum absolute atomic E-state index is 0.156. The third-order valence-corrected chi connectivity index (χ3v) is 8.58. The molecule has 7 rings (SSSR count). The summed E-state index contributed by atoms with van der Waals surface area (Å²) in [6.45, 7) is 1.94. The molecule has 0 aliphatic carbocycles. The highest BCUT2D eigenvalue weighted by Gasteiger charge is 2.60. The van der Waals surface area contributed by atoms with Crippen LogP contribution in [0.4, 0.5) is 0 Å². The van der Waals surface area contributed by atoms with E-state index in [-0.39, 0.29) is 6.10 Å². The van der Waals surface area contributed by atoms with Gasteiger partial charge in [-0.2, -0.15) is 0 Å². The lowest BCUT2D eigenvalue weighted by molar-refractivity contribution is -0.218. The van der Waals surface area contributed by atoms with E-state index >= 15 is 0 Å². The van der Waals surface area contributed by atoms with Crippen molar-refractivity contribution in [3.8, 4) is 34.5 Å². The van der Waals surface area contributed by atoms with E-state index in [2.05, 4.69) is 12.1 Å². The first-order valence-corrected chi connectivity index (χ1v) is 13.8. The van der Waals surface area contributed by atoms with E-state index in [9.17, 15) is 5.11 Å². The molecule has 0 unspecified atom stereocenters. The quantitative estimate of drug-likeness (QED) is 0.315. The van der Waals surface area contributed by atoms with Gasteiger partial charge in [0.15, 0.2) is 0 Å².